The summed E-state index contributed by atoms with van der Waals surface area (Å²) in [5.41, 5.74) is -0.0666. The Balaban J connectivity index is 1.56. The van der Waals surface area contributed by atoms with Gasteiger partial charge in [0.05, 0.1) is 17.3 Å². The zero-order chi connectivity index (χ0) is 31.1. The molecule has 4 rings (SSSR count). The molecular formula is C28H34F3N7O3Si. The molecule has 10 nitrogen and oxygen atoms in total. The van der Waals surface area contributed by atoms with Crippen LogP contribution in [0.3, 0.4) is 0 Å². The molecule has 0 atom stereocenters. The molecule has 0 radical (unpaired) electrons. The van der Waals surface area contributed by atoms with Gasteiger partial charge < -0.3 is 14.7 Å². The van der Waals surface area contributed by atoms with Crippen LogP contribution in [0, 0.1) is 0 Å². The van der Waals surface area contributed by atoms with Gasteiger partial charge in [-0.05, 0) is 63.0 Å². The van der Waals surface area contributed by atoms with Gasteiger partial charge in [0.15, 0.2) is 14.0 Å². The molecule has 0 saturated carbocycles. The summed E-state index contributed by atoms with van der Waals surface area (Å²) in [5, 5.41) is 9.37. The molecular weight excluding hydrogens is 567 g/mol. The molecule has 0 fully saturated rings. The van der Waals surface area contributed by atoms with Crippen LogP contribution < -0.4 is 5.32 Å². The number of nitrogens with one attached hydrogen (secondary N) is 1. The number of carbonyl (C=O) groups is 2. The van der Waals surface area contributed by atoms with E-state index in [2.05, 4.69) is 57.9 Å². The summed E-state index contributed by atoms with van der Waals surface area (Å²) in [6.07, 6.45) is 3.96. The highest BCUT2D eigenvalue weighted by Crippen LogP contribution is 2.43. The summed E-state index contributed by atoms with van der Waals surface area (Å²) < 4.78 is 41.1. The first-order chi connectivity index (χ1) is 19.4. The Kier molecular flexibility index (Phi) is 8.17. The molecule has 0 aliphatic heterocycles. The van der Waals surface area contributed by atoms with Crippen molar-refractivity contribution in [2.24, 2.45) is 0 Å². The van der Waals surface area contributed by atoms with E-state index < -0.39 is 38.2 Å². The summed E-state index contributed by atoms with van der Waals surface area (Å²) >= 11 is 0. The number of anilines is 1. The monoisotopic (exact) mass is 601 g/mol. The number of alkyl halides is 3. The van der Waals surface area contributed by atoms with Crippen molar-refractivity contribution >= 4 is 36.6 Å². The molecule has 1 amide bonds. The fraction of sp³-hybridized carbons (Fsp3) is 0.429. The lowest BCUT2D eigenvalue weighted by Gasteiger charge is -2.38. The normalized spacial score (nSPS) is 13.0. The van der Waals surface area contributed by atoms with Crippen LogP contribution in [0.15, 0.2) is 49.2 Å². The van der Waals surface area contributed by atoms with E-state index in [0.717, 1.165) is 23.0 Å². The number of halogens is 3. The van der Waals surface area contributed by atoms with E-state index in [1.54, 1.807) is 18.6 Å². The second kappa shape index (κ2) is 11.1. The van der Waals surface area contributed by atoms with Crippen molar-refractivity contribution in [1.29, 1.82) is 0 Å². The molecule has 4 aromatic rings. The second-order valence-electron chi connectivity index (χ2n) is 12.2. The van der Waals surface area contributed by atoms with Crippen LogP contribution in [0.5, 0.6) is 0 Å². The highest BCUT2D eigenvalue weighted by molar-refractivity contribution is 6.72. The van der Waals surface area contributed by atoms with Crippen LogP contribution in [-0.4, -0.2) is 54.3 Å². The van der Waals surface area contributed by atoms with Gasteiger partial charge in [-0.15, -0.1) is 5.10 Å². The first-order valence-electron chi connectivity index (χ1n) is 13.3. The van der Waals surface area contributed by atoms with Crippen molar-refractivity contribution in [2.75, 3.05) is 5.32 Å². The standard InChI is InChI=1S/C28H34F3N7O3Si/c1-26(2,9-10-27(3,4)42(5,6)41)38-15-20(19-14-32-11-8-22(19)38)25(40)21-13-18(7-12-33-21)34-24(39)17-37-16-23(35-36-37)28(29,30)31/h7-8,11-16,41H,9-10,17H2,1-6H3,(H,33,34,39). The van der Waals surface area contributed by atoms with Crippen molar-refractivity contribution < 1.29 is 27.6 Å². The molecule has 2 N–H and O–H groups in total. The number of hydrogen-bond acceptors (Lipinski definition) is 7. The van der Waals surface area contributed by atoms with Gasteiger partial charge in [0.2, 0.25) is 11.7 Å². The van der Waals surface area contributed by atoms with Gasteiger partial charge in [0, 0.05) is 41.4 Å². The van der Waals surface area contributed by atoms with E-state index in [1.807, 2.05) is 19.2 Å². The predicted octanol–water partition coefficient (Wildman–Crippen LogP) is 5.40. The lowest BCUT2D eigenvalue weighted by molar-refractivity contribution is -0.141. The average molecular weight is 602 g/mol. The maximum atomic E-state index is 13.7. The molecule has 0 aliphatic rings. The first kappa shape index (κ1) is 31.0. The summed E-state index contributed by atoms with van der Waals surface area (Å²) in [6.45, 7) is 11.7. The number of pyridine rings is 2. The van der Waals surface area contributed by atoms with Crippen molar-refractivity contribution in [3.63, 3.8) is 0 Å². The molecule has 0 aromatic carbocycles. The lowest BCUT2D eigenvalue weighted by atomic mass is 9.93. The van der Waals surface area contributed by atoms with Crippen molar-refractivity contribution in [3.05, 3.63) is 66.1 Å². The second-order valence-corrected chi connectivity index (χ2v) is 16.6. The largest absolute Gasteiger partial charge is 0.436 e. The fourth-order valence-electron chi connectivity index (χ4n) is 4.42. The third-order valence-electron chi connectivity index (χ3n) is 7.93. The maximum absolute atomic E-state index is 13.7. The van der Waals surface area contributed by atoms with E-state index in [1.165, 1.54) is 18.3 Å². The van der Waals surface area contributed by atoms with E-state index in [0.29, 0.717) is 17.1 Å². The van der Waals surface area contributed by atoms with Crippen molar-refractivity contribution in [3.8, 4) is 0 Å². The van der Waals surface area contributed by atoms with Gasteiger partial charge in [-0.3, -0.25) is 19.6 Å². The summed E-state index contributed by atoms with van der Waals surface area (Å²) in [7, 11) is -2.41. The van der Waals surface area contributed by atoms with E-state index in [-0.39, 0.29) is 22.2 Å². The Morgan fingerprint density at radius 3 is 2.40 bits per heavy atom. The number of hydrogen-bond donors (Lipinski definition) is 2. The molecule has 224 valence electrons. The lowest BCUT2D eigenvalue weighted by Crippen LogP contribution is -2.40. The molecule has 42 heavy (non-hydrogen) atoms. The van der Waals surface area contributed by atoms with Gasteiger partial charge in [-0.2, -0.15) is 13.2 Å². The van der Waals surface area contributed by atoms with Gasteiger partial charge in [0.1, 0.15) is 12.2 Å². The Bertz CT molecular complexity index is 1620. The highest BCUT2D eigenvalue weighted by Gasteiger charge is 2.39. The number of aromatic nitrogens is 6. The molecule has 0 saturated heterocycles. The minimum Gasteiger partial charge on any atom is -0.432 e. The fourth-order valence-corrected chi connectivity index (χ4v) is 5.16. The molecule has 0 spiro atoms. The summed E-state index contributed by atoms with van der Waals surface area (Å²) in [5.74, 6) is -1.04. The van der Waals surface area contributed by atoms with Crippen molar-refractivity contribution in [2.45, 2.75) is 76.9 Å². The van der Waals surface area contributed by atoms with Gasteiger partial charge in [-0.25, -0.2) is 4.68 Å². The van der Waals surface area contributed by atoms with Gasteiger partial charge in [0.25, 0.3) is 0 Å². The maximum Gasteiger partial charge on any atom is 0.436 e. The molecule has 4 aromatic heterocycles. The SMILES string of the molecule is CC(C)(CCC(C)(C)[Si](C)(C)O)n1cc(C(=O)c2cc(NC(=O)Cn3cc(C(F)(F)F)nn3)ccn2)c2cnccc21. The minimum absolute atomic E-state index is 0.0720. The van der Waals surface area contributed by atoms with Crippen LogP contribution in [-0.2, 0) is 23.1 Å². The Morgan fingerprint density at radius 1 is 1.05 bits per heavy atom. The number of ketones is 1. The number of rotatable bonds is 10. The first-order valence-corrected chi connectivity index (χ1v) is 16.3. The quantitative estimate of drug-likeness (QED) is 0.184. The van der Waals surface area contributed by atoms with Gasteiger partial charge in [-0.1, -0.05) is 19.1 Å². The molecule has 0 bridgehead atoms. The zero-order valence-electron chi connectivity index (χ0n) is 24.3. The number of amides is 1. The smallest absolute Gasteiger partial charge is 0.432 e. The summed E-state index contributed by atoms with van der Waals surface area (Å²) in [4.78, 5) is 45.4. The number of carbonyl (C=O) groups excluding carboxylic acids is 2. The number of fused-ring (bicyclic) bond motifs is 1. The van der Waals surface area contributed by atoms with Crippen LogP contribution in [0.4, 0.5) is 18.9 Å². The van der Waals surface area contributed by atoms with Crippen molar-refractivity contribution in [1.82, 2.24) is 29.5 Å². The third kappa shape index (κ3) is 6.59. The molecule has 4 heterocycles. The molecule has 14 heteroatoms. The third-order valence-corrected chi connectivity index (χ3v) is 11.5. The van der Waals surface area contributed by atoms with E-state index >= 15 is 0 Å². The van der Waals surface area contributed by atoms with Crippen LogP contribution in [0.2, 0.25) is 18.1 Å². The van der Waals surface area contributed by atoms with Gasteiger partial charge >= 0.3 is 6.18 Å². The Labute approximate surface area is 242 Å². The Morgan fingerprint density at radius 2 is 1.76 bits per heavy atom. The summed E-state index contributed by atoms with van der Waals surface area (Å²) in [6, 6.07) is 4.73. The number of nitrogens with zero attached hydrogens (tertiary/aromatic N) is 6. The van der Waals surface area contributed by atoms with E-state index in [9.17, 15) is 27.6 Å². The van der Waals surface area contributed by atoms with Crippen LogP contribution in [0.1, 0.15) is 62.3 Å². The average Bonchev–Trinajstić information content (AvgIpc) is 3.52. The zero-order valence-corrected chi connectivity index (χ0v) is 25.3. The minimum atomic E-state index is -4.67. The molecule has 0 aliphatic carbocycles. The predicted molar refractivity (Wildman–Crippen MR) is 153 cm³/mol. The van der Waals surface area contributed by atoms with Crippen LogP contribution in [0.25, 0.3) is 10.9 Å². The highest BCUT2D eigenvalue weighted by atomic mass is 28.4. The van der Waals surface area contributed by atoms with E-state index in [4.69, 9.17) is 0 Å². The topological polar surface area (TPSA) is 128 Å². The van der Waals surface area contributed by atoms with Crippen LogP contribution >= 0.6 is 0 Å². The Hall–Kier alpha value is -3.91. The molecule has 0 unspecified atom stereocenters.